The summed E-state index contributed by atoms with van der Waals surface area (Å²) in [4.78, 5) is 0.152. The lowest BCUT2D eigenvalue weighted by molar-refractivity contribution is 0.289. The highest BCUT2D eigenvalue weighted by molar-refractivity contribution is 7.89. The van der Waals surface area contributed by atoms with Crippen LogP contribution in [0.1, 0.15) is 33.3 Å². The molecule has 6 heteroatoms. The summed E-state index contributed by atoms with van der Waals surface area (Å²) >= 11 is 5.92. The molecule has 4 nitrogen and oxygen atoms in total. The summed E-state index contributed by atoms with van der Waals surface area (Å²) in [5, 5.41) is 0.322. The van der Waals surface area contributed by atoms with E-state index in [2.05, 4.69) is 32.4 Å². The van der Waals surface area contributed by atoms with Gasteiger partial charge in [-0.2, -0.15) is 0 Å². The zero-order valence-electron chi connectivity index (χ0n) is 13.3. The molecule has 0 bridgehead atoms. The molecule has 1 aromatic carbocycles. The molecule has 0 aliphatic rings. The van der Waals surface area contributed by atoms with Gasteiger partial charge in [-0.15, -0.1) is 0 Å². The number of hydrogen-bond acceptors (Lipinski definition) is 3. The van der Waals surface area contributed by atoms with Crippen LogP contribution in [-0.2, 0) is 10.0 Å². The Bertz CT molecular complexity index is 590. The second kappa shape index (κ2) is 6.99. The number of anilines is 1. The summed E-state index contributed by atoms with van der Waals surface area (Å²) in [6.45, 7) is 10.5. The molecule has 0 atom stereocenters. The van der Waals surface area contributed by atoms with E-state index in [-0.39, 0.29) is 10.8 Å². The van der Waals surface area contributed by atoms with Crippen molar-refractivity contribution in [1.82, 2.24) is 4.72 Å². The first-order chi connectivity index (χ1) is 9.56. The lowest BCUT2D eigenvalue weighted by Crippen LogP contribution is -2.34. The van der Waals surface area contributed by atoms with Crippen molar-refractivity contribution in [1.29, 1.82) is 0 Å². The normalized spacial score (nSPS) is 12.6. The Morgan fingerprint density at radius 2 is 1.71 bits per heavy atom. The molecule has 0 radical (unpaired) electrons. The Morgan fingerprint density at radius 3 is 2.19 bits per heavy atom. The van der Waals surface area contributed by atoms with Gasteiger partial charge in [0, 0.05) is 17.3 Å². The van der Waals surface area contributed by atoms with Crippen LogP contribution in [0.3, 0.4) is 0 Å². The van der Waals surface area contributed by atoms with Gasteiger partial charge in [0.1, 0.15) is 0 Å². The van der Waals surface area contributed by atoms with Crippen LogP contribution in [0.5, 0.6) is 0 Å². The topological polar surface area (TPSA) is 72.2 Å². The Kier molecular flexibility index (Phi) is 6.08. The number of rotatable bonds is 6. The van der Waals surface area contributed by atoms with E-state index in [0.717, 1.165) is 0 Å². The van der Waals surface area contributed by atoms with Gasteiger partial charge in [-0.1, -0.05) is 39.3 Å². The predicted molar refractivity (Wildman–Crippen MR) is 89.0 cm³/mol. The molecule has 120 valence electrons. The summed E-state index contributed by atoms with van der Waals surface area (Å²) in [6, 6.07) is 3.00. The summed E-state index contributed by atoms with van der Waals surface area (Å²) in [6.07, 6.45) is 0. The van der Waals surface area contributed by atoms with Gasteiger partial charge in [-0.3, -0.25) is 0 Å². The van der Waals surface area contributed by atoms with E-state index >= 15 is 0 Å². The summed E-state index contributed by atoms with van der Waals surface area (Å²) < 4.78 is 27.7. The number of benzene rings is 1. The van der Waals surface area contributed by atoms with Crippen LogP contribution < -0.4 is 10.5 Å². The van der Waals surface area contributed by atoms with E-state index in [1.54, 1.807) is 13.0 Å². The Hall–Kier alpha value is -0.780. The largest absolute Gasteiger partial charge is 0.398 e. The minimum atomic E-state index is -3.61. The van der Waals surface area contributed by atoms with Crippen molar-refractivity contribution in [2.45, 2.75) is 39.5 Å². The quantitative estimate of drug-likeness (QED) is 0.784. The third-order valence-corrected chi connectivity index (χ3v) is 5.64. The highest BCUT2D eigenvalue weighted by Gasteiger charge is 2.23. The first kappa shape index (κ1) is 18.3. The maximum atomic E-state index is 12.5. The van der Waals surface area contributed by atoms with Gasteiger partial charge in [0.15, 0.2) is 0 Å². The average Bonchev–Trinajstić information content (AvgIpc) is 2.32. The smallest absolute Gasteiger partial charge is 0.240 e. The van der Waals surface area contributed by atoms with E-state index in [1.165, 1.54) is 6.07 Å². The van der Waals surface area contributed by atoms with Gasteiger partial charge in [-0.25, -0.2) is 13.1 Å². The lowest BCUT2D eigenvalue weighted by Gasteiger charge is -2.25. The van der Waals surface area contributed by atoms with Crippen LogP contribution in [0.15, 0.2) is 17.0 Å². The van der Waals surface area contributed by atoms with Crippen molar-refractivity contribution in [3.63, 3.8) is 0 Å². The molecule has 21 heavy (non-hydrogen) atoms. The predicted octanol–water partition coefficient (Wildman–Crippen LogP) is 3.44. The van der Waals surface area contributed by atoms with Crippen molar-refractivity contribution in [3.05, 3.63) is 22.7 Å². The minimum absolute atomic E-state index is 0.152. The van der Waals surface area contributed by atoms with E-state index < -0.39 is 10.0 Å². The Labute approximate surface area is 133 Å². The second-order valence-electron chi connectivity index (χ2n) is 6.12. The van der Waals surface area contributed by atoms with E-state index in [1.807, 2.05) is 0 Å². The molecule has 1 aromatic rings. The highest BCUT2D eigenvalue weighted by Crippen LogP contribution is 2.26. The summed E-state index contributed by atoms with van der Waals surface area (Å²) in [7, 11) is -3.61. The first-order valence-corrected chi connectivity index (χ1v) is 8.97. The zero-order chi connectivity index (χ0) is 16.4. The molecule has 0 heterocycles. The molecule has 0 aromatic heterocycles. The van der Waals surface area contributed by atoms with Gasteiger partial charge in [-0.05, 0) is 42.4 Å². The van der Waals surface area contributed by atoms with Gasteiger partial charge in [0.25, 0.3) is 0 Å². The molecule has 0 aliphatic heterocycles. The number of nitrogens with two attached hydrogens (primary N) is 1. The molecule has 0 saturated carbocycles. The third-order valence-electron chi connectivity index (χ3n) is 3.88. The standard InChI is InChI=1S/C15H25ClN2O2S/c1-9(2)13(10(3)4)8-18-21(19,20)15-7-12(16)6-14(17)11(15)5/h6-7,9-10,13,18H,8,17H2,1-5H3. The molecule has 0 saturated heterocycles. The number of nitrogen functional groups attached to an aromatic ring is 1. The fourth-order valence-electron chi connectivity index (χ4n) is 2.48. The number of halogens is 1. The van der Waals surface area contributed by atoms with Crippen LogP contribution in [0.25, 0.3) is 0 Å². The SMILES string of the molecule is Cc1c(N)cc(Cl)cc1S(=O)(=O)NCC(C(C)C)C(C)C. The Morgan fingerprint density at radius 1 is 1.19 bits per heavy atom. The van der Waals surface area contributed by atoms with E-state index in [9.17, 15) is 8.42 Å². The maximum Gasteiger partial charge on any atom is 0.240 e. The van der Waals surface area contributed by atoms with Gasteiger partial charge in [0.2, 0.25) is 10.0 Å². The monoisotopic (exact) mass is 332 g/mol. The molecule has 0 fully saturated rings. The number of nitrogens with one attached hydrogen (secondary N) is 1. The minimum Gasteiger partial charge on any atom is -0.398 e. The van der Waals surface area contributed by atoms with Crippen LogP contribution >= 0.6 is 11.6 Å². The molecule has 0 aliphatic carbocycles. The van der Waals surface area contributed by atoms with Crippen molar-refractivity contribution in [2.75, 3.05) is 12.3 Å². The molecule has 0 unspecified atom stereocenters. The van der Waals surface area contributed by atoms with Crippen LogP contribution in [0.2, 0.25) is 5.02 Å². The summed E-state index contributed by atoms with van der Waals surface area (Å²) in [5.74, 6) is 1.08. The van der Waals surface area contributed by atoms with Crippen LogP contribution in [0.4, 0.5) is 5.69 Å². The highest BCUT2D eigenvalue weighted by atomic mass is 35.5. The Balaban J connectivity index is 3.03. The van der Waals surface area contributed by atoms with Gasteiger partial charge >= 0.3 is 0 Å². The summed E-state index contributed by atoms with van der Waals surface area (Å²) in [5.41, 5.74) is 6.70. The van der Waals surface area contributed by atoms with Crippen LogP contribution in [0, 0.1) is 24.7 Å². The van der Waals surface area contributed by atoms with Crippen molar-refractivity contribution < 1.29 is 8.42 Å². The molecule has 0 amide bonds. The lowest BCUT2D eigenvalue weighted by atomic mass is 9.86. The number of sulfonamides is 1. The van der Waals surface area contributed by atoms with E-state index in [0.29, 0.717) is 34.7 Å². The molecule has 0 spiro atoms. The zero-order valence-corrected chi connectivity index (χ0v) is 14.8. The van der Waals surface area contributed by atoms with E-state index in [4.69, 9.17) is 17.3 Å². The second-order valence-corrected chi connectivity index (χ2v) is 8.29. The van der Waals surface area contributed by atoms with Crippen molar-refractivity contribution in [3.8, 4) is 0 Å². The molecule has 1 rings (SSSR count). The molecule has 3 N–H and O–H groups in total. The van der Waals surface area contributed by atoms with Gasteiger partial charge in [0.05, 0.1) is 4.90 Å². The average molecular weight is 333 g/mol. The fourth-order valence-corrected chi connectivity index (χ4v) is 4.14. The maximum absolute atomic E-state index is 12.5. The van der Waals surface area contributed by atoms with Gasteiger partial charge < -0.3 is 5.73 Å². The van der Waals surface area contributed by atoms with Crippen LogP contribution in [-0.4, -0.2) is 15.0 Å². The molecular weight excluding hydrogens is 308 g/mol. The molecular formula is C15H25ClN2O2S. The fraction of sp³-hybridized carbons (Fsp3) is 0.600. The van der Waals surface area contributed by atoms with Crippen molar-refractivity contribution >= 4 is 27.3 Å². The third kappa shape index (κ3) is 4.59. The van der Waals surface area contributed by atoms with Crippen molar-refractivity contribution in [2.24, 2.45) is 17.8 Å². The number of hydrogen-bond donors (Lipinski definition) is 2. The first-order valence-electron chi connectivity index (χ1n) is 7.11.